The third-order valence-electron chi connectivity index (χ3n) is 4.62. The van der Waals surface area contributed by atoms with Crippen LogP contribution in [-0.2, 0) is 14.8 Å². The monoisotopic (exact) mass is 409 g/mol. The molecule has 0 saturated heterocycles. The quantitative estimate of drug-likeness (QED) is 0.488. The minimum absolute atomic E-state index is 0.0682. The molecule has 1 N–H and O–H groups in total. The summed E-state index contributed by atoms with van der Waals surface area (Å²) in [4.78, 5) is 0.0682. The fraction of sp³-hybridized carbons (Fsp3) is 0.174. The molecule has 3 aromatic carbocycles. The normalized spacial score (nSPS) is 14.2. The summed E-state index contributed by atoms with van der Waals surface area (Å²) >= 11 is 0. The third-order valence-corrected chi connectivity index (χ3v) is 5.91. The molecule has 3 aromatic rings. The second-order valence-electron chi connectivity index (χ2n) is 6.67. The Labute approximate surface area is 171 Å². The van der Waals surface area contributed by atoms with E-state index in [0.29, 0.717) is 11.1 Å². The minimum Gasteiger partial charge on any atom is -0.483 e. The molecule has 0 spiro atoms. The Bertz CT molecular complexity index is 1060. The molecule has 0 aliphatic rings. The lowest BCUT2D eigenvalue weighted by atomic mass is 9.89. The van der Waals surface area contributed by atoms with Crippen molar-refractivity contribution >= 4 is 15.9 Å². The first kappa shape index (κ1) is 20.8. The maximum Gasteiger partial charge on any atom is 0.285 e. The van der Waals surface area contributed by atoms with Gasteiger partial charge in [-0.2, -0.15) is 8.42 Å². The first-order chi connectivity index (χ1) is 13.9. The Balaban J connectivity index is 2.09. The van der Waals surface area contributed by atoms with Crippen molar-refractivity contribution in [3.8, 4) is 0 Å². The molecule has 150 valence electrons. The lowest BCUT2D eigenvalue weighted by Crippen LogP contribution is -2.23. The molecule has 0 unspecified atom stereocenters. The smallest absolute Gasteiger partial charge is 0.285 e. The maximum atomic E-state index is 12.9. The maximum absolute atomic E-state index is 12.9. The molecule has 6 heteroatoms. The summed E-state index contributed by atoms with van der Waals surface area (Å²) < 4.78 is 35.1. The molecule has 0 heterocycles. The largest absolute Gasteiger partial charge is 0.483 e. The molecule has 0 saturated carbocycles. The van der Waals surface area contributed by atoms with Crippen LogP contribution in [0.3, 0.4) is 0 Å². The number of methoxy groups -OCH3 is 1. The molecule has 0 fully saturated rings. The van der Waals surface area contributed by atoms with Crippen LogP contribution in [-0.4, -0.2) is 26.5 Å². The Kier molecular flexibility index (Phi) is 6.46. The van der Waals surface area contributed by atoms with Crippen LogP contribution in [0.15, 0.2) is 94.2 Å². The molecule has 5 nitrogen and oxygen atoms in total. The molecular formula is C23H23NO4S. The van der Waals surface area contributed by atoms with Gasteiger partial charge in [-0.15, -0.1) is 4.40 Å². The summed E-state index contributed by atoms with van der Waals surface area (Å²) in [5, 5.41) is 11.1. The van der Waals surface area contributed by atoms with Gasteiger partial charge in [-0.25, -0.2) is 0 Å². The number of aliphatic hydroxyl groups is 1. The summed E-state index contributed by atoms with van der Waals surface area (Å²) in [6, 6.07) is 24.6. The fourth-order valence-corrected chi connectivity index (χ4v) is 4.08. The zero-order valence-corrected chi connectivity index (χ0v) is 17.1. The van der Waals surface area contributed by atoms with Crippen molar-refractivity contribution < 1.29 is 18.3 Å². The Morgan fingerprint density at radius 1 is 0.862 bits per heavy atom. The van der Waals surface area contributed by atoms with E-state index in [9.17, 15) is 13.5 Å². The van der Waals surface area contributed by atoms with Crippen LogP contribution in [0.1, 0.15) is 28.7 Å². The number of sulfonamides is 1. The molecular weight excluding hydrogens is 386 g/mol. The van der Waals surface area contributed by atoms with Crippen molar-refractivity contribution in [2.24, 2.45) is 4.40 Å². The van der Waals surface area contributed by atoms with E-state index in [-0.39, 0.29) is 10.8 Å². The lowest BCUT2D eigenvalue weighted by Gasteiger charge is -2.24. The Hall–Kier alpha value is -2.96. The number of nitrogens with zero attached hydrogens (tertiary/aromatic N) is 1. The van der Waals surface area contributed by atoms with Gasteiger partial charge in [0, 0.05) is 0 Å². The molecule has 0 aliphatic carbocycles. The third kappa shape index (κ3) is 4.91. The van der Waals surface area contributed by atoms with Gasteiger partial charge in [0.25, 0.3) is 10.0 Å². The van der Waals surface area contributed by atoms with E-state index in [2.05, 4.69) is 4.40 Å². The summed E-state index contributed by atoms with van der Waals surface area (Å²) in [6.07, 6.45) is -1.04. The van der Waals surface area contributed by atoms with E-state index < -0.39 is 22.0 Å². The van der Waals surface area contributed by atoms with E-state index in [1.54, 1.807) is 24.3 Å². The molecule has 3 rings (SSSR count). The number of aliphatic hydroxyl groups excluding tert-OH is 1. The highest BCUT2D eigenvalue weighted by atomic mass is 32.2. The van der Waals surface area contributed by atoms with Crippen molar-refractivity contribution in [2.75, 3.05) is 7.11 Å². The van der Waals surface area contributed by atoms with Crippen LogP contribution < -0.4 is 0 Å². The van der Waals surface area contributed by atoms with Crippen LogP contribution in [0.25, 0.3) is 0 Å². The van der Waals surface area contributed by atoms with Crippen molar-refractivity contribution in [1.29, 1.82) is 0 Å². The second-order valence-corrected chi connectivity index (χ2v) is 8.27. The predicted molar refractivity (Wildman–Crippen MR) is 113 cm³/mol. The van der Waals surface area contributed by atoms with Crippen LogP contribution in [0.4, 0.5) is 0 Å². The van der Waals surface area contributed by atoms with E-state index in [1.807, 2.05) is 55.5 Å². The highest BCUT2D eigenvalue weighted by Gasteiger charge is 2.31. The topological polar surface area (TPSA) is 76.0 Å². The van der Waals surface area contributed by atoms with Crippen molar-refractivity contribution in [1.82, 2.24) is 0 Å². The minimum atomic E-state index is -4.01. The molecule has 29 heavy (non-hydrogen) atoms. The number of rotatable bonds is 6. The van der Waals surface area contributed by atoms with Gasteiger partial charge in [0.05, 0.1) is 24.0 Å². The molecule has 0 aromatic heterocycles. The van der Waals surface area contributed by atoms with Gasteiger partial charge in [-0.05, 0) is 30.2 Å². The second kappa shape index (κ2) is 9.03. The lowest BCUT2D eigenvalue weighted by molar-refractivity contribution is 0.158. The van der Waals surface area contributed by atoms with E-state index in [4.69, 9.17) is 4.74 Å². The first-order valence-electron chi connectivity index (χ1n) is 9.16. The van der Waals surface area contributed by atoms with Gasteiger partial charge in [-0.3, -0.25) is 0 Å². The van der Waals surface area contributed by atoms with Crippen molar-refractivity contribution in [3.05, 3.63) is 102 Å². The SMILES string of the molecule is CO/C(=N/S(=O)(=O)c1ccc(C)cc1)[C@H](c1ccccc1)[C@H](O)c1ccccc1. The van der Waals surface area contributed by atoms with E-state index in [1.165, 1.54) is 19.2 Å². The van der Waals surface area contributed by atoms with Crippen LogP contribution >= 0.6 is 0 Å². The van der Waals surface area contributed by atoms with Crippen molar-refractivity contribution in [3.63, 3.8) is 0 Å². The molecule has 0 radical (unpaired) electrons. The standard InChI is InChI=1S/C23H23NO4S/c1-17-13-15-20(16-14-17)29(26,27)24-23(28-2)21(18-9-5-3-6-10-18)22(25)19-11-7-4-8-12-19/h3-16,21-22,25H,1-2H3/b24-23+/t21-,22-/m1/s1. The summed E-state index contributed by atoms with van der Waals surface area (Å²) in [7, 11) is -2.65. The average Bonchev–Trinajstić information content (AvgIpc) is 2.74. The van der Waals surface area contributed by atoms with E-state index in [0.717, 1.165) is 5.56 Å². The van der Waals surface area contributed by atoms with Gasteiger partial charge in [0.2, 0.25) is 5.90 Å². The highest BCUT2D eigenvalue weighted by Crippen LogP contribution is 2.33. The van der Waals surface area contributed by atoms with Crippen LogP contribution in [0.2, 0.25) is 0 Å². The van der Waals surface area contributed by atoms with Gasteiger partial charge in [-0.1, -0.05) is 78.4 Å². The summed E-state index contributed by atoms with van der Waals surface area (Å²) in [5.74, 6) is -0.864. The molecule has 0 amide bonds. The number of aryl methyl sites for hydroxylation is 1. The molecule has 2 atom stereocenters. The van der Waals surface area contributed by atoms with Crippen LogP contribution in [0.5, 0.6) is 0 Å². The van der Waals surface area contributed by atoms with Crippen molar-refractivity contribution in [2.45, 2.75) is 23.8 Å². The number of ether oxygens (including phenoxy) is 1. The molecule has 0 aliphatic heterocycles. The zero-order chi connectivity index (χ0) is 20.9. The van der Waals surface area contributed by atoms with Gasteiger partial charge in [0.15, 0.2) is 0 Å². The summed E-state index contributed by atoms with van der Waals surface area (Å²) in [6.45, 7) is 1.88. The first-order valence-corrected chi connectivity index (χ1v) is 10.6. The highest BCUT2D eigenvalue weighted by molar-refractivity contribution is 7.90. The number of hydrogen-bond donors (Lipinski definition) is 1. The van der Waals surface area contributed by atoms with Gasteiger partial charge < -0.3 is 9.84 Å². The van der Waals surface area contributed by atoms with Gasteiger partial charge >= 0.3 is 0 Å². The van der Waals surface area contributed by atoms with Gasteiger partial charge in [0.1, 0.15) is 0 Å². The Morgan fingerprint density at radius 3 is 1.90 bits per heavy atom. The average molecular weight is 410 g/mol. The summed E-state index contributed by atoms with van der Waals surface area (Å²) in [5.41, 5.74) is 2.28. The zero-order valence-electron chi connectivity index (χ0n) is 16.3. The number of benzene rings is 3. The van der Waals surface area contributed by atoms with E-state index >= 15 is 0 Å². The fourth-order valence-electron chi connectivity index (χ4n) is 3.07. The van der Waals surface area contributed by atoms with Crippen LogP contribution in [0, 0.1) is 6.92 Å². The Morgan fingerprint density at radius 2 is 1.38 bits per heavy atom. The number of hydrogen-bond acceptors (Lipinski definition) is 4. The predicted octanol–water partition coefficient (Wildman–Crippen LogP) is 4.25. The molecule has 0 bridgehead atoms.